The minimum absolute atomic E-state index is 0.138. The monoisotopic (exact) mass is 298 g/mol. The lowest BCUT2D eigenvalue weighted by atomic mass is 10.5. The standard InChI is InChI=1S/C11H14N4O2S2/c1-8-14-6-9(18-8)7-15-19(16,17)10-4-3-5-13-11(10)12-2/h3-6,15H,7H2,1-2H3,(H,12,13). The molecule has 0 aliphatic rings. The number of pyridine rings is 1. The van der Waals surface area contributed by atoms with E-state index >= 15 is 0 Å². The predicted octanol–water partition coefficient (Wildman–Crippen LogP) is 1.37. The van der Waals surface area contributed by atoms with Crippen molar-refractivity contribution < 1.29 is 8.42 Å². The first kappa shape index (κ1) is 13.9. The minimum atomic E-state index is -3.59. The molecular formula is C11H14N4O2S2. The molecule has 0 amide bonds. The van der Waals surface area contributed by atoms with Crippen LogP contribution in [0, 0.1) is 6.92 Å². The van der Waals surface area contributed by atoms with Crippen molar-refractivity contribution in [3.63, 3.8) is 0 Å². The summed E-state index contributed by atoms with van der Waals surface area (Å²) in [5.41, 5.74) is 0. The maximum Gasteiger partial charge on any atom is 0.244 e. The van der Waals surface area contributed by atoms with Crippen LogP contribution in [0.5, 0.6) is 0 Å². The number of aromatic nitrogens is 2. The summed E-state index contributed by atoms with van der Waals surface area (Å²) in [5, 5.41) is 3.67. The van der Waals surface area contributed by atoms with Crippen LogP contribution in [-0.2, 0) is 16.6 Å². The van der Waals surface area contributed by atoms with Gasteiger partial charge < -0.3 is 5.32 Å². The second-order valence-corrected chi connectivity index (χ2v) is 6.82. The summed E-state index contributed by atoms with van der Waals surface area (Å²) in [6, 6.07) is 3.10. The summed E-state index contributed by atoms with van der Waals surface area (Å²) in [6.45, 7) is 2.11. The average molecular weight is 298 g/mol. The van der Waals surface area contributed by atoms with Gasteiger partial charge in [0.15, 0.2) is 0 Å². The van der Waals surface area contributed by atoms with Gasteiger partial charge in [0.25, 0.3) is 0 Å². The Balaban J connectivity index is 2.18. The van der Waals surface area contributed by atoms with E-state index in [-0.39, 0.29) is 11.4 Å². The van der Waals surface area contributed by atoms with Crippen molar-refractivity contribution in [3.8, 4) is 0 Å². The van der Waals surface area contributed by atoms with Gasteiger partial charge in [-0.15, -0.1) is 11.3 Å². The van der Waals surface area contributed by atoms with Gasteiger partial charge in [0, 0.05) is 30.9 Å². The molecule has 2 rings (SSSR count). The Morgan fingerprint density at radius 1 is 1.37 bits per heavy atom. The Bertz CT molecular complexity index is 667. The fraction of sp³-hybridized carbons (Fsp3) is 0.273. The molecule has 2 aromatic heterocycles. The second-order valence-electron chi connectivity index (χ2n) is 3.77. The highest BCUT2D eigenvalue weighted by Crippen LogP contribution is 2.18. The van der Waals surface area contributed by atoms with Crippen LogP contribution in [-0.4, -0.2) is 25.4 Å². The summed E-state index contributed by atoms with van der Waals surface area (Å²) in [6.07, 6.45) is 3.21. The molecule has 0 unspecified atom stereocenters. The van der Waals surface area contributed by atoms with Crippen molar-refractivity contribution in [2.75, 3.05) is 12.4 Å². The SMILES string of the molecule is CNc1ncccc1S(=O)(=O)NCc1cnc(C)s1. The van der Waals surface area contributed by atoms with Gasteiger partial charge in [-0.1, -0.05) is 0 Å². The third-order valence-electron chi connectivity index (χ3n) is 2.40. The van der Waals surface area contributed by atoms with Gasteiger partial charge in [-0.05, 0) is 19.1 Å². The van der Waals surface area contributed by atoms with Gasteiger partial charge >= 0.3 is 0 Å². The largest absolute Gasteiger partial charge is 0.372 e. The molecule has 0 saturated heterocycles. The van der Waals surface area contributed by atoms with Crippen molar-refractivity contribution in [1.29, 1.82) is 0 Å². The molecule has 6 nitrogen and oxygen atoms in total. The molecule has 102 valence electrons. The zero-order valence-corrected chi connectivity index (χ0v) is 12.2. The van der Waals surface area contributed by atoms with Crippen molar-refractivity contribution in [2.24, 2.45) is 0 Å². The molecule has 19 heavy (non-hydrogen) atoms. The third kappa shape index (κ3) is 3.28. The van der Waals surface area contributed by atoms with Crippen LogP contribution in [0.4, 0.5) is 5.82 Å². The summed E-state index contributed by atoms with van der Waals surface area (Å²) >= 11 is 1.46. The van der Waals surface area contributed by atoms with E-state index in [2.05, 4.69) is 20.0 Å². The molecule has 2 heterocycles. The summed E-state index contributed by atoms with van der Waals surface area (Å²) in [5.74, 6) is 0.329. The Morgan fingerprint density at radius 3 is 2.79 bits per heavy atom. The Labute approximate surface area is 116 Å². The zero-order chi connectivity index (χ0) is 13.9. The van der Waals surface area contributed by atoms with E-state index in [0.717, 1.165) is 9.88 Å². The molecular weight excluding hydrogens is 284 g/mol. The molecule has 2 N–H and O–H groups in total. The van der Waals surface area contributed by atoms with Gasteiger partial charge in [-0.3, -0.25) is 0 Å². The van der Waals surface area contributed by atoms with Gasteiger partial charge in [-0.2, -0.15) is 0 Å². The Morgan fingerprint density at radius 2 is 2.16 bits per heavy atom. The van der Waals surface area contributed by atoms with E-state index < -0.39 is 10.0 Å². The van der Waals surface area contributed by atoms with E-state index in [1.807, 2.05) is 6.92 Å². The third-order valence-corrected chi connectivity index (χ3v) is 4.75. The van der Waals surface area contributed by atoms with E-state index in [1.165, 1.54) is 23.6 Å². The second kappa shape index (κ2) is 5.64. The van der Waals surface area contributed by atoms with Gasteiger partial charge in [0.05, 0.1) is 5.01 Å². The smallest absolute Gasteiger partial charge is 0.244 e. The fourth-order valence-corrected chi connectivity index (χ4v) is 3.52. The van der Waals surface area contributed by atoms with Gasteiger partial charge in [0.1, 0.15) is 10.7 Å². The molecule has 0 radical (unpaired) electrons. The van der Waals surface area contributed by atoms with E-state index in [9.17, 15) is 8.42 Å². The summed E-state index contributed by atoms with van der Waals surface area (Å²) < 4.78 is 26.9. The highest BCUT2D eigenvalue weighted by atomic mass is 32.2. The lowest BCUT2D eigenvalue weighted by molar-refractivity contribution is 0.581. The quantitative estimate of drug-likeness (QED) is 0.871. The van der Waals surface area contributed by atoms with Crippen LogP contribution < -0.4 is 10.0 Å². The number of rotatable bonds is 5. The number of nitrogens with zero attached hydrogens (tertiary/aromatic N) is 2. The molecule has 0 saturated carbocycles. The number of aryl methyl sites for hydroxylation is 1. The van der Waals surface area contributed by atoms with Crippen LogP contribution in [0.2, 0.25) is 0 Å². The van der Waals surface area contributed by atoms with Crippen LogP contribution in [0.25, 0.3) is 0 Å². The molecule has 8 heteroatoms. The van der Waals surface area contributed by atoms with Gasteiger partial charge in [-0.25, -0.2) is 23.1 Å². The molecule has 2 aromatic rings. The molecule has 0 aromatic carbocycles. The van der Waals surface area contributed by atoms with E-state index in [4.69, 9.17) is 0 Å². The fourth-order valence-electron chi connectivity index (χ4n) is 1.53. The lowest BCUT2D eigenvalue weighted by Gasteiger charge is -2.09. The number of hydrogen-bond donors (Lipinski definition) is 2. The number of anilines is 1. The first-order valence-electron chi connectivity index (χ1n) is 5.56. The number of sulfonamides is 1. The van der Waals surface area contributed by atoms with Crippen molar-refractivity contribution in [2.45, 2.75) is 18.4 Å². The van der Waals surface area contributed by atoms with E-state index in [1.54, 1.807) is 19.3 Å². The number of hydrogen-bond acceptors (Lipinski definition) is 6. The number of thiazole rings is 1. The topological polar surface area (TPSA) is 84.0 Å². The van der Waals surface area contributed by atoms with Crippen molar-refractivity contribution in [3.05, 3.63) is 34.4 Å². The van der Waals surface area contributed by atoms with Crippen LogP contribution in [0.3, 0.4) is 0 Å². The molecule has 0 atom stereocenters. The summed E-state index contributed by atoms with van der Waals surface area (Å²) in [7, 11) is -1.96. The van der Waals surface area contributed by atoms with E-state index in [0.29, 0.717) is 5.82 Å². The normalized spacial score (nSPS) is 11.5. The highest BCUT2D eigenvalue weighted by molar-refractivity contribution is 7.89. The molecule has 0 fully saturated rings. The van der Waals surface area contributed by atoms with Crippen LogP contribution in [0.1, 0.15) is 9.88 Å². The highest BCUT2D eigenvalue weighted by Gasteiger charge is 2.18. The first-order valence-corrected chi connectivity index (χ1v) is 7.86. The number of nitrogens with one attached hydrogen (secondary N) is 2. The maximum absolute atomic E-state index is 12.2. The molecule has 0 aliphatic heterocycles. The summed E-state index contributed by atoms with van der Waals surface area (Å²) in [4.78, 5) is 9.07. The maximum atomic E-state index is 12.2. The zero-order valence-electron chi connectivity index (χ0n) is 10.5. The average Bonchev–Trinajstić information content (AvgIpc) is 2.82. The van der Waals surface area contributed by atoms with Gasteiger partial charge in [0.2, 0.25) is 10.0 Å². The molecule has 0 spiro atoms. The minimum Gasteiger partial charge on any atom is -0.372 e. The predicted molar refractivity (Wildman–Crippen MR) is 74.7 cm³/mol. The molecule has 0 aliphatic carbocycles. The molecule has 0 bridgehead atoms. The lowest BCUT2D eigenvalue weighted by Crippen LogP contribution is -2.24. The van der Waals surface area contributed by atoms with Crippen molar-refractivity contribution >= 4 is 27.2 Å². The van der Waals surface area contributed by atoms with Crippen molar-refractivity contribution in [1.82, 2.24) is 14.7 Å². The Kier molecular flexibility index (Phi) is 4.13. The van der Waals surface area contributed by atoms with Crippen LogP contribution in [0.15, 0.2) is 29.4 Å². The Hall–Kier alpha value is -1.51. The van der Waals surface area contributed by atoms with Crippen LogP contribution >= 0.6 is 11.3 Å². The first-order chi connectivity index (χ1) is 9.03.